The van der Waals surface area contributed by atoms with E-state index in [0.29, 0.717) is 15.8 Å². The highest BCUT2D eigenvalue weighted by molar-refractivity contribution is 7.98. The number of benzene rings is 1. The van der Waals surface area contributed by atoms with Crippen molar-refractivity contribution in [3.05, 3.63) is 34.6 Å². The summed E-state index contributed by atoms with van der Waals surface area (Å²) in [6, 6.07) is 3.69. The number of rotatable bonds is 2. The van der Waals surface area contributed by atoms with E-state index in [2.05, 4.69) is 4.74 Å². The number of ether oxygens (including phenoxy) is 1. The van der Waals surface area contributed by atoms with Gasteiger partial charge in [-0.05, 0) is 18.4 Å². The fraction of sp³-hybridized carbons (Fsp3) is 0.250. The van der Waals surface area contributed by atoms with Crippen LogP contribution in [0.5, 0.6) is 5.75 Å². The number of fused-ring (bicyclic) bond motifs is 1. The molecule has 1 aromatic heterocycles. The van der Waals surface area contributed by atoms with Crippen molar-refractivity contribution in [3.63, 3.8) is 0 Å². The third-order valence-corrected chi connectivity index (χ3v) is 3.31. The van der Waals surface area contributed by atoms with E-state index in [1.807, 2.05) is 0 Å². The molecular formula is C12H10F3NO2S. The fourth-order valence-electron chi connectivity index (χ4n) is 1.77. The van der Waals surface area contributed by atoms with Crippen molar-refractivity contribution in [3.8, 4) is 5.75 Å². The molecule has 2 aromatic rings. The molecule has 0 radical (unpaired) electrons. The van der Waals surface area contributed by atoms with Crippen LogP contribution in [0.3, 0.4) is 0 Å². The van der Waals surface area contributed by atoms with E-state index in [-0.39, 0.29) is 11.2 Å². The molecule has 2 rings (SSSR count). The average molecular weight is 289 g/mol. The predicted octanol–water partition coefficient (Wildman–Crippen LogP) is 3.16. The van der Waals surface area contributed by atoms with Crippen molar-refractivity contribution in [1.82, 2.24) is 4.57 Å². The van der Waals surface area contributed by atoms with Crippen LogP contribution in [0.15, 0.2) is 34.1 Å². The van der Waals surface area contributed by atoms with E-state index >= 15 is 0 Å². The third kappa shape index (κ3) is 2.86. The van der Waals surface area contributed by atoms with E-state index in [0.717, 1.165) is 6.07 Å². The second kappa shape index (κ2) is 4.80. The Kier molecular flexibility index (Phi) is 3.49. The smallest absolute Gasteiger partial charge is 0.406 e. The molecule has 0 atom stereocenters. The number of hydrogen-bond donors (Lipinski definition) is 0. The minimum Gasteiger partial charge on any atom is -0.406 e. The molecule has 3 nitrogen and oxygen atoms in total. The molecule has 0 amide bonds. The van der Waals surface area contributed by atoms with Gasteiger partial charge in [-0.1, -0.05) is 0 Å². The van der Waals surface area contributed by atoms with Gasteiger partial charge in [0.2, 0.25) is 5.43 Å². The minimum atomic E-state index is -4.74. The maximum Gasteiger partial charge on any atom is 0.573 e. The van der Waals surface area contributed by atoms with Gasteiger partial charge in [-0.2, -0.15) is 0 Å². The van der Waals surface area contributed by atoms with Crippen LogP contribution in [-0.2, 0) is 7.05 Å². The van der Waals surface area contributed by atoms with Gasteiger partial charge in [0.1, 0.15) is 5.75 Å². The van der Waals surface area contributed by atoms with Crippen molar-refractivity contribution < 1.29 is 17.9 Å². The molecule has 0 aliphatic carbocycles. The summed E-state index contributed by atoms with van der Waals surface area (Å²) in [4.78, 5) is 12.6. The van der Waals surface area contributed by atoms with Crippen molar-refractivity contribution in [2.45, 2.75) is 11.3 Å². The van der Waals surface area contributed by atoms with E-state index in [4.69, 9.17) is 0 Å². The maximum atomic E-state index is 12.1. The van der Waals surface area contributed by atoms with Gasteiger partial charge in [0, 0.05) is 24.7 Å². The first-order valence-electron chi connectivity index (χ1n) is 5.25. The number of halogens is 3. The van der Waals surface area contributed by atoms with Crippen LogP contribution in [-0.4, -0.2) is 17.2 Å². The first kappa shape index (κ1) is 13.8. The molecule has 0 aliphatic rings. The van der Waals surface area contributed by atoms with Gasteiger partial charge in [-0.25, -0.2) is 0 Å². The van der Waals surface area contributed by atoms with Crippen molar-refractivity contribution in [2.24, 2.45) is 7.05 Å². The molecule has 0 saturated carbocycles. The number of alkyl halides is 3. The van der Waals surface area contributed by atoms with Gasteiger partial charge in [0.05, 0.1) is 10.4 Å². The molecule has 1 aromatic carbocycles. The standard InChI is InChI=1S/C12H10F3NO2S/c1-16-6-10(19-2)11(17)8-4-3-7(5-9(8)16)18-12(13,14)15/h3-6H,1-2H3. The Morgan fingerprint density at radius 2 is 2.00 bits per heavy atom. The van der Waals surface area contributed by atoms with Crippen LogP contribution in [0.2, 0.25) is 0 Å². The lowest BCUT2D eigenvalue weighted by Crippen LogP contribution is -2.17. The van der Waals surface area contributed by atoms with Gasteiger partial charge >= 0.3 is 6.36 Å². The van der Waals surface area contributed by atoms with Crippen LogP contribution in [0.4, 0.5) is 13.2 Å². The number of aromatic nitrogens is 1. The summed E-state index contributed by atoms with van der Waals surface area (Å²) in [5, 5.41) is 0.365. The first-order valence-corrected chi connectivity index (χ1v) is 6.47. The quantitative estimate of drug-likeness (QED) is 0.796. The van der Waals surface area contributed by atoms with E-state index in [1.54, 1.807) is 24.1 Å². The Balaban J connectivity index is 2.62. The molecule has 0 N–H and O–H groups in total. The molecular weight excluding hydrogens is 279 g/mol. The predicted molar refractivity (Wildman–Crippen MR) is 67.7 cm³/mol. The Morgan fingerprint density at radius 3 is 2.58 bits per heavy atom. The Morgan fingerprint density at radius 1 is 1.32 bits per heavy atom. The monoisotopic (exact) mass is 289 g/mol. The van der Waals surface area contributed by atoms with Crippen molar-refractivity contribution in [2.75, 3.05) is 6.26 Å². The molecule has 19 heavy (non-hydrogen) atoms. The highest BCUT2D eigenvalue weighted by atomic mass is 32.2. The zero-order valence-corrected chi connectivity index (χ0v) is 10.9. The Bertz CT molecular complexity index is 679. The molecule has 1 heterocycles. The second-order valence-corrected chi connectivity index (χ2v) is 4.71. The van der Waals surface area contributed by atoms with Crippen molar-refractivity contribution in [1.29, 1.82) is 0 Å². The van der Waals surface area contributed by atoms with Crippen LogP contribution in [0.25, 0.3) is 10.9 Å². The Hall–Kier alpha value is -1.63. The summed E-state index contributed by atoms with van der Waals surface area (Å²) in [7, 11) is 1.67. The van der Waals surface area contributed by atoms with Gasteiger partial charge in [-0.3, -0.25) is 4.79 Å². The van der Waals surface area contributed by atoms with E-state index < -0.39 is 6.36 Å². The molecule has 7 heteroatoms. The summed E-state index contributed by atoms with van der Waals surface area (Å²) in [5.41, 5.74) is 0.198. The number of pyridine rings is 1. The minimum absolute atomic E-state index is 0.195. The average Bonchev–Trinajstić information content (AvgIpc) is 2.31. The van der Waals surface area contributed by atoms with Crippen LogP contribution in [0.1, 0.15) is 0 Å². The third-order valence-electron chi connectivity index (χ3n) is 2.58. The molecule has 0 unspecified atom stereocenters. The molecule has 0 bridgehead atoms. The SMILES string of the molecule is CSc1cn(C)c2cc(OC(F)(F)F)ccc2c1=O. The van der Waals surface area contributed by atoms with Crippen LogP contribution < -0.4 is 10.2 Å². The van der Waals surface area contributed by atoms with Crippen LogP contribution in [0, 0.1) is 0 Å². The summed E-state index contributed by atoms with van der Waals surface area (Å²) < 4.78 is 41.9. The first-order chi connectivity index (χ1) is 8.81. The number of thioether (sulfide) groups is 1. The van der Waals surface area contributed by atoms with Gasteiger partial charge in [0.15, 0.2) is 0 Å². The molecule has 0 saturated heterocycles. The molecule has 0 aliphatic heterocycles. The highest BCUT2D eigenvalue weighted by Crippen LogP contribution is 2.26. The number of aryl methyl sites for hydroxylation is 1. The topological polar surface area (TPSA) is 31.2 Å². The summed E-state index contributed by atoms with van der Waals surface area (Å²) in [6.45, 7) is 0. The maximum absolute atomic E-state index is 12.1. The van der Waals surface area contributed by atoms with Gasteiger partial charge in [0.25, 0.3) is 0 Å². The molecule has 0 fully saturated rings. The summed E-state index contributed by atoms with van der Waals surface area (Å²) in [5.74, 6) is -0.341. The van der Waals surface area contributed by atoms with Crippen LogP contribution >= 0.6 is 11.8 Å². The summed E-state index contributed by atoms with van der Waals surface area (Å²) in [6.07, 6.45) is -1.39. The second-order valence-electron chi connectivity index (χ2n) is 3.86. The van der Waals surface area contributed by atoms with Gasteiger partial charge < -0.3 is 9.30 Å². The summed E-state index contributed by atoms with van der Waals surface area (Å²) >= 11 is 1.29. The highest BCUT2D eigenvalue weighted by Gasteiger charge is 2.31. The van der Waals surface area contributed by atoms with Crippen molar-refractivity contribution >= 4 is 22.7 Å². The number of nitrogens with zero attached hydrogens (tertiary/aromatic N) is 1. The van der Waals surface area contributed by atoms with E-state index in [9.17, 15) is 18.0 Å². The lowest BCUT2D eigenvalue weighted by atomic mass is 10.2. The normalized spacial score (nSPS) is 11.8. The number of hydrogen-bond acceptors (Lipinski definition) is 3. The lowest BCUT2D eigenvalue weighted by Gasteiger charge is -2.12. The zero-order chi connectivity index (χ0) is 14.2. The molecule has 102 valence electrons. The fourth-order valence-corrected chi connectivity index (χ4v) is 2.33. The largest absolute Gasteiger partial charge is 0.573 e. The molecule has 0 spiro atoms. The lowest BCUT2D eigenvalue weighted by molar-refractivity contribution is -0.274. The Labute approximate surface area is 111 Å². The zero-order valence-electron chi connectivity index (χ0n) is 10.1. The van der Waals surface area contributed by atoms with Gasteiger partial charge in [-0.15, -0.1) is 24.9 Å². The van der Waals surface area contributed by atoms with E-state index in [1.165, 1.54) is 23.9 Å².